The van der Waals surface area contributed by atoms with Crippen molar-refractivity contribution in [1.82, 2.24) is 9.21 Å². The van der Waals surface area contributed by atoms with Crippen LogP contribution in [0.1, 0.15) is 0 Å². The lowest BCUT2D eigenvalue weighted by atomic mass is 10.4. The van der Waals surface area contributed by atoms with Gasteiger partial charge >= 0.3 is 0 Å². The molecule has 0 N–H and O–H groups in total. The Bertz CT molecular complexity index is 316. The normalized spacial score (nSPS) is 20.6. The molecule has 1 aliphatic heterocycles. The monoisotopic (exact) mass is 237 g/mol. The van der Waals surface area contributed by atoms with Crippen LogP contribution in [0.15, 0.2) is 0 Å². The lowest BCUT2D eigenvalue weighted by molar-refractivity contribution is 0.207. The highest BCUT2D eigenvalue weighted by molar-refractivity contribution is 7.90. The van der Waals surface area contributed by atoms with Crippen molar-refractivity contribution in [3.05, 3.63) is 0 Å². The van der Waals surface area contributed by atoms with Crippen molar-refractivity contribution in [3.8, 4) is 6.07 Å². The van der Waals surface area contributed by atoms with E-state index in [1.54, 1.807) is 0 Å². The van der Waals surface area contributed by atoms with Gasteiger partial charge in [0.2, 0.25) is 10.0 Å². The predicted octanol–water partition coefficient (Wildman–Crippen LogP) is -0.346. The zero-order chi connectivity index (χ0) is 10.6. The van der Waals surface area contributed by atoms with Crippen LogP contribution in [0.4, 0.5) is 0 Å². The molecule has 0 aromatic heterocycles. The lowest BCUT2D eigenvalue weighted by Crippen LogP contribution is -2.48. The molecule has 0 radical (unpaired) electrons. The van der Waals surface area contributed by atoms with Crippen LogP contribution in [0.5, 0.6) is 0 Å². The number of hydrogen-bond donors (Lipinski definition) is 0. The molecule has 1 aliphatic rings. The summed E-state index contributed by atoms with van der Waals surface area (Å²) in [4.78, 5) is 1.92. The van der Waals surface area contributed by atoms with E-state index < -0.39 is 10.0 Å². The molecule has 0 aromatic rings. The van der Waals surface area contributed by atoms with Gasteiger partial charge in [-0.15, -0.1) is 11.6 Å². The van der Waals surface area contributed by atoms with Gasteiger partial charge in [-0.3, -0.25) is 4.90 Å². The molecule has 1 fully saturated rings. The Kier molecular flexibility index (Phi) is 4.13. The van der Waals surface area contributed by atoms with E-state index in [9.17, 15) is 8.42 Å². The third-order valence-electron chi connectivity index (χ3n) is 2.16. The first-order valence-corrected chi connectivity index (χ1v) is 6.37. The Morgan fingerprint density at radius 1 is 1.29 bits per heavy atom. The Labute approximate surface area is 88.9 Å². The number of alkyl halides is 1. The smallest absolute Gasteiger partial charge is 0.228 e. The van der Waals surface area contributed by atoms with Crippen LogP contribution in [0.2, 0.25) is 0 Å². The molecule has 0 atom stereocenters. The van der Waals surface area contributed by atoms with Gasteiger partial charge in [0, 0.05) is 26.2 Å². The topological polar surface area (TPSA) is 64.4 Å². The molecule has 0 amide bonds. The van der Waals surface area contributed by atoms with Gasteiger partial charge in [-0.1, -0.05) is 0 Å². The first-order chi connectivity index (χ1) is 6.60. The van der Waals surface area contributed by atoms with Gasteiger partial charge in [0.25, 0.3) is 0 Å². The zero-order valence-electron chi connectivity index (χ0n) is 7.69. The van der Waals surface area contributed by atoms with Crippen LogP contribution in [-0.2, 0) is 10.0 Å². The van der Waals surface area contributed by atoms with Crippen molar-refractivity contribution < 1.29 is 8.42 Å². The fourth-order valence-electron chi connectivity index (χ4n) is 1.33. The van der Waals surface area contributed by atoms with Crippen molar-refractivity contribution in [2.45, 2.75) is 0 Å². The quantitative estimate of drug-likeness (QED) is 0.497. The van der Waals surface area contributed by atoms with Crippen LogP contribution < -0.4 is 0 Å². The number of hydrogen-bond acceptors (Lipinski definition) is 4. The van der Waals surface area contributed by atoms with Gasteiger partial charge in [-0.25, -0.2) is 8.42 Å². The molecule has 0 aliphatic carbocycles. The number of piperazine rings is 1. The highest BCUT2D eigenvalue weighted by Crippen LogP contribution is 2.08. The van der Waals surface area contributed by atoms with Crippen LogP contribution >= 0.6 is 11.6 Å². The van der Waals surface area contributed by atoms with Crippen LogP contribution in [0.25, 0.3) is 0 Å². The van der Waals surface area contributed by atoms with E-state index in [0.29, 0.717) is 32.7 Å². The maximum Gasteiger partial charge on any atom is 0.228 e. The summed E-state index contributed by atoms with van der Waals surface area (Å²) in [5.41, 5.74) is 0. The Balaban J connectivity index is 2.48. The molecule has 1 rings (SSSR count). The SMILES string of the molecule is N#CCN1CCN(S(=O)(=O)CCl)CC1. The summed E-state index contributed by atoms with van der Waals surface area (Å²) < 4.78 is 24.0. The van der Waals surface area contributed by atoms with E-state index in [1.807, 2.05) is 11.0 Å². The standard InChI is InChI=1S/C7H12ClN3O2S/c8-7-14(12,13)11-5-3-10(2-1-9)4-6-11/h2-7H2. The van der Waals surface area contributed by atoms with Crippen LogP contribution in [0.3, 0.4) is 0 Å². The summed E-state index contributed by atoms with van der Waals surface area (Å²) in [6.07, 6.45) is 0. The predicted molar refractivity (Wildman–Crippen MR) is 53.3 cm³/mol. The minimum Gasteiger partial charge on any atom is -0.288 e. The van der Waals surface area contributed by atoms with Crippen molar-refractivity contribution in [1.29, 1.82) is 5.26 Å². The van der Waals surface area contributed by atoms with Crippen molar-refractivity contribution in [2.75, 3.05) is 37.9 Å². The second-order valence-corrected chi connectivity index (χ2v) is 5.61. The average Bonchev–Trinajstić information content (AvgIpc) is 2.19. The Morgan fingerprint density at radius 3 is 2.29 bits per heavy atom. The summed E-state index contributed by atoms with van der Waals surface area (Å²) in [5, 5.41) is 8.08. The lowest BCUT2D eigenvalue weighted by Gasteiger charge is -2.31. The number of halogens is 1. The third-order valence-corrected chi connectivity index (χ3v) is 4.41. The minimum atomic E-state index is -3.27. The fraction of sp³-hybridized carbons (Fsp3) is 0.857. The van der Waals surface area contributed by atoms with E-state index in [0.717, 1.165) is 0 Å². The fourth-order valence-corrected chi connectivity index (χ4v) is 2.61. The molecule has 1 heterocycles. The first kappa shape index (κ1) is 11.7. The van der Waals surface area contributed by atoms with Crippen molar-refractivity contribution in [3.63, 3.8) is 0 Å². The van der Waals surface area contributed by atoms with E-state index in [1.165, 1.54) is 4.31 Å². The molecule has 0 aromatic carbocycles. The summed E-state index contributed by atoms with van der Waals surface area (Å²) in [6.45, 7) is 2.41. The second-order valence-electron chi connectivity index (χ2n) is 3.05. The molecule has 0 saturated carbocycles. The zero-order valence-corrected chi connectivity index (χ0v) is 9.26. The van der Waals surface area contributed by atoms with Crippen LogP contribution in [-0.4, -0.2) is 55.6 Å². The summed E-state index contributed by atoms with van der Waals surface area (Å²) >= 11 is 5.33. The molecule has 80 valence electrons. The Hall–Kier alpha value is -0.350. The molecular weight excluding hydrogens is 226 g/mol. The molecule has 1 saturated heterocycles. The summed E-state index contributed by atoms with van der Waals surface area (Å²) in [5.74, 6) is 0. The van der Waals surface area contributed by atoms with E-state index in [2.05, 4.69) is 0 Å². The highest BCUT2D eigenvalue weighted by Gasteiger charge is 2.25. The first-order valence-electron chi connectivity index (χ1n) is 4.23. The highest BCUT2D eigenvalue weighted by atomic mass is 35.5. The minimum absolute atomic E-state index is 0.356. The van der Waals surface area contributed by atoms with E-state index in [-0.39, 0.29) is 5.21 Å². The van der Waals surface area contributed by atoms with Gasteiger partial charge in [-0.05, 0) is 0 Å². The van der Waals surface area contributed by atoms with Crippen molar-refractivity contribution in [2.24, 2.45) is 0 Å². The van der Waals surface area contributed by atoms with Gasteiger partial charge in [0.15, 0.2) is 0 Å². The number of sulfonamides is 1. The molecule has 0 unspecified atom stereocenters. The number of nitrogens with zero attached hydrogens (tertiary/aromatic N) is 3. The summed E-state index contributed by atoms with van der Waals surface area (Å²) in [7, 11) is -3.27. The largest absolute Gasteiger partial charge is 0.288 e. The molecule has 5 nitrogen and oxygen atoms in total. The van der Waals surface area contributed by atoms with Crippen molar-refractivity contribution >= 4 is 21.6 Å². The maximum atomic E-state index is 11.3. The third kappa shape index (κ3) is 2.82. The van der Waals surface area contributed by atoms with Gasteiger partial charge < -0.3 is 0 Å². The summed E-state index contributed by atoms with van der Waals surface area (Å²) in [6, 6.07) is 2.04. The number of rotatable bonds is 3. The molecule has 0 bridgehead atoms. The Morgan fingerprint density at radius 2 is 1.86 bits per heavy atom. The molecular formula is C7H12ClN3O2S. The van der Waals surface area contributed by atoms with Gasteiger partial charge in [0.05, 0.1) is 12.6 Å². The van der Waals surface area contributed by atoms with E-state index in [4.69, 9.17) is 16.9 Å². The molecule has 7 heteroatoms. The maximum absolute atomic E-state index is 11.3. The molecule has 14 heavy (non-hydrogen) atoms. The van der Waals surface area contributed by atoms with Crippen LogP contribution in [0, 0.1) is 11.3 Å². The second kappa shape index (κ2) is 4.94. The van der Waals surface area contributed by atoms with Gasteiger partial charge in [-0.2, -0.15) is 9.57 Å². The van der Waals surface area contributed by atoms with Gasteiger partial charge in [0.1, 0.15) is 5.21 Å². The average molecular weight is 238 g/mol. The molecule has 0 spiro atoms. The number of nitriles is 1. The van der Waals surface area contributed by atoms with E-state index >= 15 is 0 Å².